The van der Waals surface area contributed by atoms with E-state index in [4.69, 9.17) is 0 Å². The number of pyridine rings is 1. The summed E-state index contributed by atoms with van der Waals surface area (Å²) in [7, 11) is 0. The second-order valence-electron chi connectivity index (χ2n) is 9.18. The largest absolute Gasteiger partial charge is 0.411 e. The Hall–Kier alpha value is -3.71. The van der Waals surface area contributed by atoms with Crippen LogP contribution in [0.2, 0.25) is 0 Å². The molecule has 0 fully saturated rings. The minimum Gasteiger partial charge on any atom is -0.411 e. The number of aliphatic hydroxyl groups excluding tert-OH is 1. The fourth-order valence-corrected chi connectivity index (χ4v) is 3.84. The van der Waals surface area contributed by atoms with Gasteiger partial charge in [-0.3, -0.25) is 9.59 Å². The highest BCUT2D eigenvalue weighted by molar-refractivity contribution is 6.01. The smallest absolute Gasteiger partial charge is 0.251 e. The van der Waals surface area contributed by atoms with E-state index in [1.165, 1.54) is 0 Å². The Morgan fingerprint density at radius 3 is 2.32 bits per heavy atom. The lowest BCUT2D eigenvalue weighted by atomic mass is 9.83. The van der Waals surface area contributed by atoms with E-state index >= 15 is 0 Å². The molecule has 0 spiro atoms. The molecule has 2 aromatic carbocycles. The van der Waals surface area contributed by atoms with Gasteiger partial charge in [-0.2, -0.15) is 0 Å². The first-order valence-electron chi connectivity index (χ1n) is 11.1. The van der Waals surface area contributed by atoms with Crippen LogP contribution in [0.3, 0.4) is 0 Å². The summed E-state index contributed by atoms with van der Waals surface area (Å²) in [6.45, 7) is 7.07. The van der Waals surface area contributed by atoms with Crippen molar-refractivity contribution in [2.45, 2.75) is 45.6 Å². The van der Waals surface area contributed by atoms with Crippen molar-refractivity contribution in [3.63, 3.8) is 0 Å². The molecule has 7 nitrogen and oxygen atoms in total. The van der Waals surface area contributed by atoms with Gasteiger partial charge in [-0.25, -0.2) is 0 Å². The molecule has 1 heterocycles. The molecule has 0 aliphatic heterocycles. The van der Waals surface area contributed by atoms with Gasteiger partial charge in [0.25, 0.3) is 11.5 Å². The van der Waals surface area contributed by atoms with Crippen LogP contribution in [0, 0.1) is 13.8 Å². The third kappa shape index (κ3) is 5.80. The van der Waals surface area contributed by atoms with E-state index in [-0.39, 0.29) is 24.0 Å². The maximum atomic E-state index is 12.6. The average Bonchev–Trinajstić information content (AvgIpc) is 2.82. The molecule has 4 N–H and O–H groups in total. The molecule has 0 bridgehead atoms. The first kappa shape index (κ1) is 24.9. The van der Waals surface area contributed by atoms with Gasteiger partial charge in [-0.1, -0.05) is 41.6 Å². The van der Waals surface area contributed by atoms with Crippen molar-refractivity contribution >= 4 is 11.6 Å². The molecule has 1 aromatic heterocycles. The number of oxime groups is 1. The highest BCUT2D eigenvalue weighted by Crippen LogP contribution is 2.32. The number of rotatable bonds is 8. The molecule has 3 aromatic rings. The predicted octanol–water partition coefficient (Wildman–Crippen LogP) is 3.89. The van der Waals surface area contributed by atoms with Crippen LogP contribution in [0.5, 0.6) is 0 Å². The Morgan fingerprint density at radius 1 is 1.06 bits per heavy atom. The molecule has 0 aliphatic rings. The van der Waals surface area contributed by atoms with E-state index in [0.29, 0.717) is 28.8 Å². The summed E-state index contributed by atoms with van der Waals surface area (Å²) >= 11 is 0. The van der Waals surface area contributed by atoms with Crippen LogP contribution in [-0.4, -0.2) is 39.1 Å². The van der Waals surface area contributed by atoms with Gasteiger partial charge < -0.3 is 20.6 Å². The lowest BCUT2D eigenvalue weighted by Gasteiger charge is -2.24. The lowest BCUT2D eigenvalue weighted by molar-refractivity contribution is 0.0869. The van der Waals surface area contributed by atoms with E-state index in [2.05, 4.69) is 15.5 Å². The van der Waals surface area contributed by atoms with E-state index in [0.717, 1.165) is 16.7 Å². The highest BCUT2D eigenvalue weighted by atomic mass is 16.4. The van der Waals surface area contributed by atoms with Gasteiger partial charge in [0, 0.05) is 35.2 Å². The van der Waals surface area contributed by atoms with Crippen LogP contribution in [0.4, 0.5) is 0 Å². The second-order valence-corrected chi connectivity index (χ2v) is 9.18. The molecule has 0 saturated carbocycles. The lowest BCUT2D eigenvalue weighted by Crippen LogP contribution is -2.46. The van der Waals surface area contributed by atoms with E-state index in [1.54, 1.807) is 45.2 Å². The molecule has 3 rings (SSSR count). The zero-order chi connectivity index (χ0) is 24.9. The quantitative estimate of drug-likeness (QED) is 0.231. The summed E-state index contributed by atoms with van der Waals surface area (Å²) in [5.74, 6) is -0.412. The number of benzene rings is 2. The summed E-state index contributed by atoms with van der Waals surface area (Å²) in [6.07, 6.45) is 1.94. The second kappa shape index (κ2) is 10.5. The minimum atomic E-state index is -0.722. The number of nitrogens with one attached hydrogen (secondary N) is 2. The number of aryl methyl sites for hydroxylation is 2. The molecule has 0 aliphatic carbocycles. The standard InChI is InChI=1S/C27H31N3O4/c1-17-7-5-6-8-22(17)23(14-24(30-34)21-13-18(2)25(32)28-15-21)19-9-11-20(12-10-19)26(33)29-27(3,4)16-31/h5-13,15,23,31,34H,14,16H2,1-4H3,(H,28,32)(H,29,33)/b30-24+. The number of nitrogens with zero attached hydrogens (tertiary/aromatic N) is 1. The Bertz CT molecular complexity index is 1240. The zero-order valence-electron chi connectivity index (χ0n) is 19.9. The maximum absolute atomic E-state index is 12.6. The predicted molar refractivity (Wildman–Crippen MR) is 133 cm³/mol. The number of hydrogen-bond donors (Lipinski definition) is 4. The van der Waals surface area contributed by atoms with Crippen molar-refractivity contribution in [3.8, 4) is 0 Å². The SMILES string of the molecule is Cc1ccccc1C(C/C(=N\O)c1c[nH]c(=O)c(C)c1)c1ccc(C(=O)NC(C)(C)CO)cc1. The van der Waals surface area contributed by atoms with Crippen LogP contribution in [0.1, 0.15) is 64.4 Å². The number of amides is 1. The zero-order valence-corrected chi connectivity index (χ0v) is 19.9. The number of aromatic nitrogens is 1. The monoisotopic (exact) mass is 461 g/mol. The van der Waals surface area contributed by atoms with Crippen molar-refractivity contribution in [3.05, 3.63) is 105 Å². The first-order chi connectivity index (χ1) is 16.1. The van der Waals surface area contributed by atoms with E-state index in [9.17, 15) is 19.9 Å². The number of hydrogen-bond acceptors (Lipinski definition) is 5. The van der Waals surface area contributed by atoms with Gasteiger partial charge in [0.15, 0.2) is 0 Å². The van der Waals surface area contributed by atoms with Gasteiger partial charge in [-0.15, -0.1) is 0 Å². The van der Waals surface area contributed by atoms with Crippen molar-refractivity contribution in [2.75, 3.05) is 6.61 Å². The minimum absolute atomic E-state index is 0.148. The average molecular weight is 462 g/mol. The summed E-state index contributed by atoms with van der Waals surface area (Å²) in [5, 5.41) is 25.6. The molecular formula is C27H31N3O4. The van der Waals surface area contributed by atoms with Crippen LogP contribution in [-0.2, 0) is 0 Å². The van der Waals surface area contributed by atoms with Gasteiger partial charge in [-0.05, 0) is 62.6 Å². The Kier molecular flexibility index (Phi) is 7.68. The molecule has 1 amide bonds. The van der Waals surface area contributed by atoms with Gasteiger partial charge in [0.05, 0.1) is 17.9 Å². The number of aromatic amines is 1. The Balaban J connectivity index is 1.97. The molecule has 1 unspecified atom stereocenters. The molecule has 0 saturated heterocycles. The maximum Gasteiger partial charge on any atom is 0.251 e. The summed E-state index contributed by atoms with van der Waals surface area (Å²) < 4.78 is 0. The number of carbonyl (C=O) groups is 1. The van der Waals surface area contributed by atoms with Crippen LogP contribution >= 0.6 is 0 Å². The topological polar surface area (TPSA) is 115 Å². The van der Waals surface area contributed by atoms with E-state index < -0.39 is 5.54 Å². The molecule has 178 valence electrons. The summed E-state index contributed by atoms with van der Waals surface area (Å²) in [4.78, 5) is 27.1. The number of carbonyl (C=O) groups excluding carboxylic acids is 1. The fraction of sp³-hybridized carbons (Fsp3) is 0.296. The fourth-order valence-electron chi connectivity index (χ4n) is 3.84. The Morgan fingerprint density at radius 2 is 1.74 bits per heavy atom. The van der Waals surface area contributed by atoms with Gasteiger partial charge in [0.2, 0.25) is 0 Å². The molecule has 1 atom stereocenters. The van der Waals surface area contributed by atoms with E-state index in [1.807, 2.05) is 43.3 Å². The Labute approximate surface area is 199 Å². The van der Waals surface area contributed by atoms with Crippen molar-refractivity contribution < 1.29 is 15.1 Å². The number of aliphatic hydroxyl groups is 1. The van der Waals surface area contributed by atoms with Crippen molar-refractivity contribution in [1.82, 2.24) is 10.3 Å². The van der Waals surface area contributed by atoms with Gasteiger partial charge >= 0.3 is 0 Å². The first-order valence-corrected chi connectivity index (χ1v) is 11.1. The molecule has 0 radical (unpaired) electrons. The number of H-pyrrole nitrogens is 1. The normalized spacial score (nSPS) is 12.9. The summed E-state index contributed by atoms with van der Waals surface area (Å²) in [5.41, 5.74) is 4.32. The third-order valence-corrected chi connectivity index (χ3v) is 5.93. The molecule has 7 heteroatoms. The van der Waals surface area contributed by atoms with Crippen LogP contribution < -0.4 is 10.9 Å². The van der Waals surface area contributed by atoms with Crippen molar-refractivity contribution in [1.29, 1.82) is 0 Å². The summed E-state index contributed by atoms with van der Waals surface area (Å²) in [6, 6.07) is 17.0. The third-order valence-electron chi connectivity index (χ3n) is 5.93. The van der Waals surface area contributed by atoms with Crippen molar-refractivity contribution in [2.24, 2.45) is 5.16 Å². The van der Waals surface area contributed by atoms with Crippen LogP contribution in [0.15, 0.2) is 70.7 Å². The molecular weight excluding hydrogens is 430 g/mol. The molecule has 34 heavy (non-hydrogen) atoms. The van der Waals surface area contributed by atoms with Crippen LogP contribution in [0.25, 0.3) is 0 Å². The highest BCUT2D eigenvalue weighted by Gasteiger charge is 2.23. The van der Waals surface area contributed by atoms with Gasteiger partial charge in [0.1, 0.15) is 0 Å².